The third kappa shape index (κ3) is 7.94. The summed E-state index contributed by atoms with van der Waals surface area (Å²) in [5, 5.41) is 3.76. The summed E-state index contributed by atoms with van der Waals surface area (Å²) in [6.07, 6.45) is 7.66. The first-order valence-electron chi connectivity index (χ1n) is 19.2. The number of ether oxygens (including phenoxy) is 4. The van der Waals surface area contributed by atoms with Crippen LogP contribution in [0.25, 0.3) is 22.3 Å². The van der Waals surface area contributed by atoms with Crippen molar-refractivity contribution in [2.45, 2.75) is 76.6 Å². The van der Waals surface area contributed by atoms with Crippen LogP contribution in [0.15, 0.2) is 78.9 Å². The van der Waals surface area contributed by atoms with Crippen LogP contribution in [0.1, 0.15) is 56.6 Å². The Kier molecular flexibility index (Phi) is 11.2. The lowest BCUT2D eigenvalue weighted by Gasteiger charge is -2.32. The molecule has 4 atom stereocenters. The van der Waals surface area contributed by atoms with Crippen molar-refractivity contribution in [1.29, 1.82) is 0 Å². The van der Waals surface area contributed by atoms with Crippen molar-refractivity contribution in [3.63, 3.8) is 0 Å². The second-order valence-electron chi connectivity index (χ2n) is 14.5. The predicted octanol–water partition coefficient (Wildman–Crippen LogP) is 6.63. The summed E-state index contributed by atoms with van der Waals surface area (Å²) < 4.78 is 23.2. The molecule has 3 heterocycles. The van der Waals surface area contributed by atoms with Gasteiger partial charge < -0.3 is 34.1 Å². The Morgan fingerprint density at radius 2 is 1.76 bits per heavy atom. The van der Waals surface area contributed by atoms with Crippen LogP contribution in [0.3, 0.4) is 0 Å². The molecule has 4 aromatic rings. The molecule has 0 spiro atoms. The van der Waals surface area contributed by atoms with Crippen LogP contribution < -0.4 is 19.5 Å². The number of methoxy groups -OCH3 is 2. The van der Waals surface area contributed by atoms with Crippen molar-refractivity contribution in [2.75, 3.05) is 33.9 Å². The van der Waals surface area contributed by atoms with E-state index in [2.05, 4.69) is 11.4 Å². The largest absolute Gasteiger partial charge is 0.497 e. The number of nitrogens with one attached hydrogen (secondary N) is 1. The lowest BCUT2D eigenvalue weighted by molar-refractivity contribution is -0.149. The van der Waals surface area contributed by atoms with Gasteiger partial charge in [0.25, 0.3) is 0 Å². The van der Waals surface area contributed by atoms with Gasteiger partial charge in [0.15, 0.2) is 5.82 Å². The normalized spacial score (nSPS) is 23.5. The van der Waals surface area contributed by atoms with Gasteiger partial charge in [0.05, 0.1) is 38.3 Å². The second-order valence-corrected chi connectivity index (χ2v) is 14.5. The first kappa shape index (κ1) is 37.7. The number of benzene rings is 3. The van der Waals surface area contributed by atoms with Gasteiger partial charge in [0, 0.05) is 36.6 Å². The van der Waals surface area contributed by atoms with Crippen LogP contribution in [0.5, 0.6) is 17.4 Å². The van der Waals surface area contributed by atoms with Gasteiger partial charge in [-0.25, -0.2) is 14.6 Å². The van der Waals surface area contributed by atoms with E-state index in [9.17, 15) is 14.4 Å². The zero-order valence-corrected chi connectivity index (χ0v) is 32.0. The smallest absolute Gasteiger partial charge is 0.332 e. The zero-order chi connectivity index (χ0) is 38.5. The van der Waals surface area contributed by atoms with Crippen LogP contribution in [0, 0.1) is 12.8 Å². The summed E-state index contributed by atoms with van der Waals surface area (Å²) in [4.78, 5) is 55.9. The van der Waals surface area contributed by atoms with Crippen LogP contribution in [0.4, 0.5) is 4.79 Å². The van der Waals surface area contributed by atoms with E-state index in [0.29, 0.717) is 47.9 Å². The number of esters is 1. The lowest BCUT2D eigenvalue weighted by atomic mass is 10.1. The lowest BCUT2D eigenvalue weighted by Crippen LogP contribution is -2.55. The Balaban J connectivity index is 1.25. The third-order valence-corrected chi connectivity index (χ3v) is 10.8. The molecule has 0 bridgehead atoms. The van der Waals surface area contributed by atoms with E-state index in [1.165, 1.54) is 0 Å². The van der Waals surface area contributed by atoms with Crippen LogP contribution in [0.2, 0.25) is 0 Å². The van der Waals surface area contributed by atoms with Gasteiger partial charge >= 0.3 is 12.0 Å². The number of carbonyl (C=O) groups excluding carboxylic acids is 3. The molecule has 0 unspecified atom stereocenters. The molecule has 0 radical (unpaired) electrons. The zero-order valence-electron chi connectivity index (χ0n) is 32.0. The number of carbonyl (C=O) groups is 3. The van der Waals surface area contributed by atoms with Gasteiger partial charge in [-0.2, -0.15) is 4.98 Å². The van der Waals surface area contributed by atoms with E-state index in [1.807, 2.05) is 84.6 Å². The number of rotatable bonds is 9. The molecule has 2 aliphatic heterocycles. The van der Waals surface area contributed by atoms with E-state index in [-0.39, 0.29) is 31.5 Å². The van der Waals surface area contributed by atoms with Gasteiger partial charge in [-0.1, -0.05) is 61.0 Å². The summed E-state index contributed by atoms with van der Waals surface area (Å²) in [7, 11) is 3.24. The Bertz CT molecular complexity index is 2060. The highest BCUT2D eigenvalue weighted by Gasteiger charge is 2.62. The van der Waals surface area contributed by atoms with Crippen LogP contribution >= 0.6 is 0 Å². The summed E-state index contributed by atoms with van der Waals surface area (Å²) in [6.45, 7) is 4.89. The second kappa shape index (κ2) is 16.4. The highest BCUT2D eigenvalue weighted by Crippen LogP contribution is 2.46. The highest BCUT2D eigenvalue weighted by atomic mass is 16.5. The van der Waals surface area contributed by atoms with Gasteiger partial charge in [0.2, 0.25) is 11.8 Å². The Labute approximate surface area is 321 Å². The minimum Gasteiger partial charge on any atom is -0.497 e. The van der Waals surface area contributed by atoms with Crippen molar-refractivity contribution in [3.05, 3.63) is 90.0 Å². The summed E-state index contributed by atoms with van der Waals surface area (Å²) in [5.74, 6) is 1.18. The molecular formula is C43H49N5O7. The fourth-order valence-corrected chi connectivity index (χ4v) is 7.70. The Morgan fingerprint density at radius 3 is 2.51 bits per heavy atom. The maximum absolute atomic E-state index is 14.8. The predicted molar refractivity (Wildman–Crippen MR) is 208 cm³/mol. The molecule has 3 aromatic carbocycles. The molecule has 3 amide bonds. The minimum atomic E-state index is -1.18. The van der Waals surface area contributed by atoms with Crippen molar-refractivity contribution in [3.8, 4) is 28.8 Å². The molecule has 7 rings (SSSR count). The van der Waals surface area contributed by atoms with Crippen LogP contribution in [-0.2, 0) is 20.9 Å². The fraction of sp³-hybridized carbons (Fsp3) is 0.419. The number of hydrogen-bond acceptors (Lipinski definition) is 9. The molecule has 3 aliphatic rings. The minimum absolute atomic E-state index is 0.132. The molecule has 12 nitrogen and oxygen atoms in total. The molecule has 2 fully saturated rings. The SMILES string of the molecule is CCOC(=O)[C@@]12C[C@H]1/C=C\CCCCCN(Cc1ccc(OC)cc1)C(=O)N1C[C@H](Oc3nc(-c4ccccc4)nc4c(C)c(OC)ccc34)C[C@H]1C(=O)N2. The summed E-state index contributed by atoms with van der Waals surface area (Å²) in [5.41, 5.74) is 2.10. The van der Waals surface area contributed by atoms with Crippen LogP contribution in [-0.4, -0.2) is 89.3 Å². The van der Waals surface area contributed by atoms with Gasteiger partial charge in [-0.3, -0.25) is 4.79 Å². The topological polar surface area (TPSA) is 132 Å². The third-order valence-electron chi connectivity index (χ3n) is 10.8. The molecular weight excluding hydrogens is 699 g/mol. The van der Waals surface area contributed by atoms with E-state index < -0.39 is 29.6 Å². The van der Waals surface area contributed by atoms with Gasteiger partial charge in [-0.05, 0) is 69.4 Å². The number of aryl methyl sites for hydroxylation is 1. The number of nitrogens with zero attached hydrogens (tertiary/aromatic N) is 4. The molecule has 288 valence electrons. The molecule has 1 aromatic heterocycles. The number of hydrogen-bond donors (Lipinski definition) is 1. The number of amides is 3. The van der Waals surface area contributed by atoms with Gasteiger partial charge in [-0.15, -0.1) is 0 Å². The van der Waals surface area contributed by atoms with E-state index in [0.717, 1.165) is 48.1 Å². The van der Waals surface area contributed by atoms with E-state index in [4.69, 9.17) is 28.9 Å². The molecule has 55 heavy (non-hydrogen) atoms. The summed E-state index contributed by atoms with van der Waals surface area (Å²) in [6, 6.07) is 19.9. The van der Waals surface area contributed by atoms with Crippen molar-refractivity contribution < 1.29 is 33.3 Å². The fourth-order valence-electron chi connectivity index (χ4n) is 7.70. The molecule has 1 N–H and O–H groups in total. The van der Waals surface area contributed by atoms with Crippen molar-refractivity contribution in [1.82, 2.24) is 25.1 Å². The molecule has 1 saturated carbocycles. The maximum Gasteiger partial charge on any atom is 0.332 e. The maximum atomic E-state index is 14.8. The van der Waals surface area contributed by atoms with Crippen molar-refractivity contribution in [2.24, 2.45) is 5.92 Å². The number of fused-ring (bicyclic) bond motifs is 3. The van der Waals surface area contributed by atoms with E-state index >= 15 is 0 Å². The monoisotopic (exact) mass is 747 g/mol. The average Bonchev–Trinajstić information content (AvgIpc) is 3.74. The number of allylic oxidation sites excluding steroid dienone is 1. The number of urea groups is 1. The Morgan fingerprint density at radius 1 is 0.964 bits per heavy atom. The van der Waals surface area contributed by atoms with E-state index in [1.54, 1.807) is 26.0 Å². The average molecular weight is 748 g/mol. The highest BCUT2D eigenvalue weighted by molar-refractivity contribution is 5.95. The molecule has 12 heteroatoms. The Hall–Kier alpha value is -5.65. The standard InChI is InChI=1S/C43H49N5O7/c1-5-54-41(50)43-25-31(43)16-12-7-6-8-13-23-47(26-29-17-19-32(52-3)20-18-29)42(51)48-27-33(24-35(48)39(49)46-43)55-40-34-21-22-36(53-4)28(2)37(34)44-38(45-40)30-14-10-9-11-15-30/h9-12,14-22,31,33,35H,5-8,13,23-27H2,1-4H3,(H,46,49)/b16-12-/t31-,33-,35+,43-/m1/s1. The molecule has 1 saturated heterocycles. The van der Waals surface area contributed by atoms with Crippen molar-refractivity contribution >= 4 is 28.8 Å². The van der Waals surface area contributed by atoms with Gasteiger partial charge in [0.1, 0.15) is 29.2 Å². The first-order valence-corrected chi connectivity index (χ1v) is 19.2. The molecule has 1 aliphatic carbocycles. The number of aromatic nitrogens is 2. The quantitative estimate of drug-likeness (QED) is 0.148. The first-order chi connectivity index (χ1) is 26.7. The summed E-state index contributed by atoms with van der Waals surface area (Å²) >= 11 is 0.